The largest absolute Gasteiger partial charge is 0.381 e. The van der Waals surface area contributed by atoms with E-state index in [1.807, 2.05) is 7.05 Å². The summed E-state index contributed by atoms with van der Waals surface area (Å²) in [4.78, 5) is 33.1. The molecule has 2 aromatic heterocycles. The molecule has 0 saturated carbocycles. The lowest BCUT2D eigenvalue weighted by molar-refractivity contribution is 0.139. The molecular formula is C15H21N5O3. The fourth-order valence-corrected chi connectivity index (χ4v) is 3.93. The fourth-order valence-electron chi connectivity index (χ4n) is 3.93. The predicted octanol–water partition coefficient (Wildman–Crippen LogP) is -0.0328. The molecule has 4 heterocycles. The van der Waals surface area contributed by atoms with E-state index in [1.165, 1.54) is 11.0 Å². The van der Waals surface area contributed by atoms with Crippen LogP contribution in [0.15, 0.2) is 9.59 Å². The molecule has 0 aliphatic carbocycles. The highest BCUT2D eigenvalue weighted by molar-refractivity contribution is 5.74. The third-order valence-corrected chi connectivity index (χ3v) is 5.24. The van der Waals surface area contributed by atoms with Gasteiger partial charge >= 0.3 is 5.69 Å². The van der Waals surface area contributed by atoms with Crippen LogP contribution in [0.5, 0.6) is 0 Å². The quantitative estimate of drug-likeness (QED) is 0.798. The van der Waals surface area contributed by atoms with E-state index in [-0.39, 0.29) is 11.0 Å². The van der Waals surface area contributed by atoms with Crippen molar-refractivity contribution in [1.82, 2.24) is 19.1 Å². The summed E-state index contributed by atoms with van der Waals surface area (Å²) in [6.45, 7) is 3.41. The van der Waals surface area contributed by atoms with Crippen molar-refractivity contribution in [3.8, 4) is 0 Å². The molecule has 0 radical (unpaired) electrons. The number of aryl methyl sites for hydroxylation is 2. The van der Waals surface area contributed by atoms with E-state index in [4.69, 9.17) is 4.74 Å². The summed E-state index contributed by atoms with van der Waals surface area (Å²) in [5.41, 5.74) is 0.240. The monoisotopic (exact) mass is 319 g/mol. The number of H-pyrrole nitrogens is 1. The molecule has 2 aromatic rings. The van der Waals surface area contributed by atoms with Gasteiger partial charge in [0.25, 0.3) is 5.56 Å². The van der Waals surface area contributed by atoms with Crippen LogP contribution in [0.3, 0.4) is 0 Å². The summed E-state index contributed by atoms with van der Waals surface area (Å²) in [6, 6.07) is 0. The molecule has 2 fully saturated rings. The Balaban J connectivity index is 1.81. The lowest BCUT2D eigenvalue weighted by Gasteiger charge is -2.39. The zero-order valence-electron chi connectivity index (χ0n) is 13.5. The smallest absolute Gasteiger partial charge is 0.329 e. The summed E-state index contributed by atoms with van der Waals surface area (Å²) in [7, 11) is 3.46. The van der Waals surface area contributed by atoms with E-state index >= 15 is 0 Å². The molecule has 1 atom stereocenters. The molecule has 0 amide bonds. The lowest BCUT2D eigenvalue weighted by atomic mass is 9.79. The summed E-state index contributed by atoms with van der Waals surface area (Å²) < 4.78 is 8.79. The Bertz CT molecular complexity index is 872. The molecular weight excluding hydrogens is 298 g/mol. The number of aromatic amines is 1. The van der Waals surface area contributed by atoms with Crippen LogP contribution in [0.2, 0.25) is 0 Å². The van der Waals surface area contributed by atoms with E-state index in [2.05, 4.69) is 14.9 Å². The van der Waals surface area contributed by atoms with Gasteiger partial charge in [0.2, 0.25) is 5.95 Å². The van der Waals surface area contributed by atoms with Crippen LogP contribution in [0, 0.1) is 5.41 Å². The Morgan fingerprint density at radius 1 is 1.22 bits per heavy atom. The second-order valence-electron chi connectivity index (χ2n) is 6.79. The van der Waals surface area contributed by atoms with Crippen molar-refractivity contribution in [3.05, 3.63) is 20.8 Å². The third-order valence-electron chi connectivity index (χ3n) is 5.24. The maximum atomic E-state index is 12.2. The molecule has 124 valence electrons. The SMILES string of the molecule is Cn1c(N2CCCC3(CCOC3)C2)nc2c1c(=O)[nH]c(=O)n2C. The summed E-state index contributed by atoms with van der Waals surface area (Å²) in [5.74, 6) is 0.748. The Kier molecular flexibility index (Phi) is 3.12. The van der Waals surface area contributed by atoms with Gasteiger partial charge in [-0.3, -0.25) is 14.3 Å². The van der Waals surface area contributed by atoms with E-state index in [9.17, 15) is 9.59 Å². The van der Waals surface area contributed by atoms with Gasteiger partial charge in [-0.05, 0) is 19.3 Å². The maximum Gasteiger partial charge on any atom is 0.329 e. The minimum atomic E-state index is -0.438. The van der Waals surface area contributed by atoms with Gasteiger partial charge in [0.15, 0.2) is 11.2 Å². The average molecular weight is 319 g/mol. The van der Waals surface area contributed by atoms with E-state index in [0.29, 0.717) is 11.2 Å². The summed E-state index contributed by atoms with van der Waals surface area (Å²) in [6.07, 6.45) is 3.33. The van der Waals surface area contributed by atoms with E-state index < -0.39 is 5.69 Å². The minimum Gasteiger partial charge on any atom is -0.381 e. The van der Waals surface area contributed by atoms with Crippen molar-refractivity contribution in [2.24, 2.45) is 19.5 Å². The molecule has 1 spiro atoms. The average Bonchev–Trinajstić information content (AvgIpc) is 3.10. The zero-order valence-corrected chi connectivity index (χ0v) is 13.5. The van der Waals surface area contributed by atoms with E-state index in [1.54, 1.807) is 11.6 Å². The Labute approximate surface area is 132 Å². The third kappa shape index (κ3) is 2.12. The molecule has 23 heavy (non-hydrogen) atoms. The molecule has 2 aliphatic heterocycles. The highest BCUT2D eigenvalue weighted by Gasteiger charge is 2.40. The summed E-state index contributed by atoms with van der Waals surface area (Å²) in [5, 5.41) is 0. The van der Waals surface area contributed by atoms with Gasteiger partial charge in [-0.1, -0.05) is 0 Å². The number of hydrogen-bond acceptors (Lipinski definition) is 5. The van der Waals surface area contributed by atoms with Gasteiger partial charge in [0, 0.05) is 39.2 Å². The van der Waals surface area contributed by atoms with Gasteiger partial charge in [-0.15, -0.1) is 0 Å². The van der Waals surface area contributed by atoms with Gasteiger partial charge in [-0.2, -0.15) is 4.98 Å². The lowest BCUT2D eigenvalue weighted by Crippen LogP contribution is -2.44. The van der Waals surface area contributed by atoms with Crippen molar-refractivity contribution in [1.29, 1.82) is 0 Å². The molecule has 0 bridgehead atoms. The van der Waals surface area contributed by atoms with Crippen LogP contribution in [0.1, 0.15) is 19.3 Å². The van der Waals surface area contributed by atoms with Crippen LogP contribution in [0.25, 0.3) is 11.2 Å². The van der Waals surface area contributed by atoms with Crippen LogP contribution >= 0.6 is 0 Å². The molecule has 4 rings (SSSR count). The number of rotatable bonds is 1. The van der Waals surface area contributed by atoms with Gasteiger partial charge in [0.1, 0.15) is 0 Å². The van der Waals surface area contributed by atoms with Crippen LogP contribution in [-0.4, -0.2) is 45.4 Å². The molecule has 0 aromatic carbocycles. The number of imidazole rings is 1. The summed E-state index contributed by atoms with van der Waals surface area (Å²) >= 11 is 0. The normalized spacial score (nSPS) is 24.9. The van der Waals surface area contributed by atoms with Crippen LogP contribution in [-0.2, 0) is 18.8 Å². The molecule has 1 unspecified atom stereocenters. The zero-order chi connectivity index (χ0) is 16.2. The number of hydrogen-bond donors (Lipinski definition) is 1. The van der Waals surface area contributed by atoms with Crippen molar-refractivity contribution < 1.29 is 4.74 Å². The minimum absolute atomic E-state index is 0.203. The first-order valence-electron chi connectivity index (χ1n) is 7.99. The fraction of sp³-hybridized carbons (Fsp3) is 0.667. The van der Waals surface area contributed by atoms with Crippen LogP contribution < -0.4 is 16.1 Å². The number of nitrogens with zero attached hydrogens (tertiary/aromatic N) is 4. The van der Waals surface area contributed by atoms with Crippen LogP contribution in [0.4, 0.5) is 5.95 Å². The van der Waals surface area contributed by atoms with Gasteiger partial charge < -0.3 is 14.2 Å². The van der Waals surface area contributed by atoms with Crippen molar-refractivity contribution in [2.45, 2.75) is 19.3 Å². The number of ether oxygens (including phenoxy) is 1. The number of aromatic nitrogens is 4. The standard InChI is InChI=1S/C15H21N5O3/c1-18-10-11(19(2)14(22)17-12(10)21)16-13(18)20-6-3-4-15(8-20)5-7-23-9-15/h3-9H2,1-2H3,(H,17,21,22). The predicted molar refractivity (Wildman–Crippen MR) is 85.9 cm³/mol. The Hall–Kier alpha value is -2.09. The van der Waals surface area contributed by atoms with Gasteiger partial charge in [0.05, 0.1) is 6.61 Å². The second-order valence-corrected chi connectivity index (χ2v) is 6.79. The first kappa shape index (κ1) is 14.5. The molecule has 1 N–H and O–H groups in total. The highest BCUT2D eigenvalue weighted by atomic mass is 16.5. The molecule has 8 heteroatoms. The van der Waals surface area contributed by atoms with E-state index in [0.717, 1.165) is 45.1 Å². The van der Waals surface area contributed by atoms with Gasteiger partial charge in [-0.25, -0.2) is 4.79 Å². The molecule has 8 nitrogen and oxygen atoms in total. The van der Waals surface area contributed by atoms with Crippen molar-refractivity contribution >= 4 is 17.1 Å². The Morgan fingerprint density at radius 2 is 2.04 bits per heavy atom. The topological polar surface area (TPSA) is 85.2 Å². The molecule has 2 saturated heterocycles. The number of piperidine rings is 1. The first-order valence-corrected chi connectivity index (χ1v) is 7.99. The number of fused-ring (bicyclic) bond motifs is 1. The van der Waals surface area contributed by atoms with Crippen molar-refractivity contribution in [3.63, 3.8) is 0 Å². The second kappa shape index (κ2) is 4.95. The van der Waals surface area contributed by atoms with Crippen molar-refractivity contribution in [2.75, 3.05) is 31.2 Å². The molecule has 2 aliphatic rings. The Morgan fingerprint density at radius 3 is 2.78 bits per heavy atom. The number of anilines is 1. The number of nitrogens with one attached hydrogen (secondary N) is 1. The first-order chi connectivity index (χ1) is 11.0. The highest BCUT2D eigenvalue weighted by Crippen LogP contribution is 2.39. The maximum absolute atomic E-state index is 12.2.